The van der Waals surface area contributed by atoms with E-state index in [1.54, 1.807) is 19.5 Å². The van der Waals surface area contributed by atoms with E-state index in [1.165, 1.54) is 0 Å². The maximum Gasteiger partial charge on any atom is 0.141 e. The molecule has 0 radical (unpaired) electrons. The molecule has 0 unspecified atom stereocenters. The van der Waals surface area contributed by atoms with Crippen LogP contribution in [-0.4, -0.2) is 17.9 Å². The fraction of sp³-hybridized carbons (Fsp3) is 0.200. The highest BCUT2D eigenvalue weighted by Gasteiger charge is 2.07. The molecule has 4 heteroatoms. The van der Waals surface area contributed by atoms with Gasteiger partial charge in [0.25, 0.3) is 0 Å². The first-order valence-electron chi connectivity index (χ1n) is 5.91. The number of hydrogen-bond acceptors (Lipinski definition) is 3. The van der Waals surface area contributed by atoms with Crippen LogP contribution in [0.25, 0.3) is 0 Å². The molecule has 0 atom stereocenters. The van der Waals surface area contributed by atoms with Crippen LogP contribution >= 0.6 is 15.9 Å². The molecule has 1 heterocycles. The van der Waals surface area contributed by atoms with Gasteiger partial charge in [-0.15, -0.1) is 0 Å². The van der Waals surface area contributed by atoms with Gasteiger partial charge in [-0.1, -0.05) is 12.1 Å². The maximum atomic E-state index is 12.0. The number of methoxy groups -OCH3 is 1. The first-order chi connectivity index (χ1) is 9.17. The summed E-state index contributed by atoms with van der Waals surface area (Å²) in [6.45, 7) is 0. The number of aromatic nitrogens is 1. The predicted octanol–water partition coefficient (Wildman–Crippen LogP) is 3.21. The largest absolute Gasteiger partial charge is 0.497 e. The minimum atomic E-state index is 0.160. The normalized spacial score (nSPS) is 10.2. The van der Waals surface area contributed by atoms with E-state index in [2.05, 4.69) is 20.9 Å². The number of carbonyl (C=O) groups is 1. The van der Waals surface area contributed by atoms with Crippen molar-refractivity contribution in [3.05, 3.63) is 58.3 Å². The molecule has 3 nitrogen and oxygen atoms in total. The van der Waals surface area contributed by atoms with Gasteiger partial charge in [0.2, 0.25) is 0 Å². The Balaban J connectivity index is 2.01. The zero-order valence-corrected chi connectivity index (χ0v) is 12.2. The monoisotopic (exact) mass is 319 g/mol. The number of pyridine rings is 1. The summed E-state index contributed by atoms with van der Waals surface area (Å²) < 4.78 is 6.03. The molecule has 2 rings (SSSR count). The molecule has 2 aromatic rings. The number of Topliss-reactive ketones (excluding diaryl/α,β-unsaturated/α-hetero) is 1. The number of carbonyl (C=O) groups excluding carboxylic acids is 1. The Hall–Kier alpha value is -1.68. The summed E-state index contributed by atoms with van der Waals surface area (Å²) in [6, 6.07) is 9.49. The van der Waals surface area contributed by atoms with Crippen LogP contribution in [0.1, 0.15) is 11.1 Å². The van der Waals surface area contributed by atoms with Crippen LogP contribution in [0.5, 0.6) is 5.75 Å². The molecule has 0 fully saturated rings. The molecule has 0 saturated heterocycles. The molecular formula is C15H14BrNO2. The van der Waals surface area contributed by atoms with Gasteiger partial charge in [0, 0.05) is 29.7 Å². The van der Waals surface area contributed by atoms with Gasteiger partial charge in [-0.2, -0.15) is 0 Å². The predicted molar refractivity (Wildman–Crippen MR) is 77.3 cm³/mol. The smallest absolute Gasteiger partial charge is 0.141 e. The molecule has 1 aromatic heterocycles. The summed E-state index contributed by atoms with van der Waals surface area (Å²) in [5.41, 5.74) is 1.88. The van der Waals surface area contributed by atoms with Crippen molar-refractivity contribution in [2.24, 2.45) is 0 Å². The highest BCUT2D eigenvalue weighted by atomic mass is 79.9. The minimum Gasteiger partial charge on any atom is -0.497 e. The zero-order chi connectivity index (χ0) is 13.7. The molecule has 98 valence electrons. The standard InChI is InChI=1S/C15H14BrNO2/c1-19-15-4-2-3-11(8-15)6-14(18)7-12-5-13(16)10-17-9-12/h2-5,8-10H,6-7H2,1H3. The second kappa shape index (κ2) is 6.48. The van der Waals surface area contributed by atoms with Crippen LogP contribution in [-0.2, 0) is 17.6 Å². The second-order valence-corrected chi connectivity index (χ2v) is 5.17. The van der Waals surface area contributed by atoms with Gasteiger partial charge in [0.1, 0.15) is 11.5 Å². The summed E-state index contributed by atoms with van der Waals surface area (Å²) in [5.74, 6) is 0.933. The fourth-order valence-electron chi connectivity index (χ4n) is 1.85. The van der Waals surface area contributed by atoms with Crippen LogP contribution in [0.2, 0.25) is 0 Å². The van der Waals surface area contributed by atoms with E-state index in [4.69, 9.17) is 4.74 Å². The van der Waals surface area contributed by atoms with Crippen LogP contribution in [0.4, 0.5) is 0 Å². The number of ketones is 1. The van der Waals surface area contributed by atoms with Crippen LogP contribution in [0, 0.1) is 0 Å². The minimum absolute atomic E-state index is 0.160. The average molecular weight is 320 g/mol. The molecule has 1 aromatic carbocycles. The van der Waals surface area contributed by atoms with E-state index in [9.17, 15) is 4.79 Å². The second-order valence-electron chi connectivity index (χ2n) is 4.26. The third-order valence-corrected chi connectivity index (χ3v) is 3.13. The molecule has 0 aliphatic heterocycles. The fourth-order valence-corrected chi connectivity index (χ4v) is 2.27. The third-order valence-electron chi connectivity index (χ3n) is 2.70. The van der Waals surface area contributed by atoms with Crippen molar-refractivity contribution in [3.63, 3.8) is 0 Å². The Bertz CT molecular complexity index is 584. The maximum absolute atomic E-state index is 12.0. The lowest BCUT2D eigenvalue weighted by atomic mass is 10.0. The lowest BCUT2D eigenvalue weighted by Crippen LogP contribution is -2.07. The molecule has 0 spiro atoms. The number of halogens is 1. The molecule has 0 aliphatic carbocycles. The van der Waals surface area contributed by atoms with E-state index < -0.39 is 0 Å². The van der Waals surface area contributed by atoms with E-state index >= 15 is 0 Å². The Labute approximate surface area is 120 Å². The van der Waals surface area contributed by atoms with Gasteiger partial charge >= 0.3 is 0 Å². The van der Waals surface area contributed by atoms with Crippen molar-refractivity contribution in [3.8, 4) is 5.75 Å². The summed E-state index contributed by atoms with van der Waals surface area (Å²) >= 11 is 3.35. The van der Waals surface area contributed by atoms with E-state index in [-0.39, 0.29) is 5.78 Å². The summed E-state index contributed by atoms with van der Waals surface area (Å²) in [4.78, 5) is 16.1. The summed E-state index contributed by atoms with van der Waals surface area (Å²) in [7, 11) is 1.62. The molecular weight excluding hydrogens is 306 g/mol. The molecule has 0 saturated carbocycles. The number of hydrogen-bond donors (Lipinski definition) is 0. The quantitative estimate of drug-likeness (QED) is 0.849. The number of nitrogens with zero attached hydrogens (tertiary/aromatic N) is 1. The van der Waals surface area contributed by atoms with Crippen molar-refractivity contribution < 1.29 is 9.53 Å². The molecule has 0 amide bonds. The lowest BCUT2D eigenvalue weighted by molar-refractivity contribution is -0.117. The van der Waals surface area contributed by atoms with Crippen molar-refractivity contribution in [2.75, 3.05) is 7.11 Å². The average Bonchev–Trinajstić information content (AvgIpc) is 2.38. The van der Waals surface area contributed by atoms with Crippen molar-refractivity contribution in [1.82, 2.24) is 4.98 Å². The van der Waals surface area contributed by atoms with Gasteiger partial charge < -0.3 is 4.74 Å². The Kier molecular flexibility index (Phi) is 4.68. The highest BCUT2D eigenvalue weighted by molar-refractivity contribution is 9.10. The SMILES string of the molecule is COc1cccc(CC(=O)Cc2cncc(Br)c2)c1. The summed E-state index contributed by atoms with van der Waals surface area (Å²) in [6.07, 6.45) is 4.22. The number of ether oxygens (including phenoxy) is 1. The molecule has 19 heavy (non-hydrogen) atoms. The third kappa shape index (κ3) is 4.17. The van der Waals surface area contributed by atoms with E-state index in [0.29, 0.717) is 12.8 Å². The summed E-state index contributed by atoms with van der Waals surface area (Å²) in [5, 5.41) is 0. The Morgan fingerprint density at radius 2 is 2.00 bits per heavy atom. The van der Waals surface area contributed by atoms with Gasteiger partial charge in [0.05, 0.1) is 7.11 Å². The van der Waals surface area contributed by atoms with Crippen molar-refractivity contribution in [2.45, 2.75) is 12.8 Å². The first-order valence-corrected chi connectivity index (χ1v) is 6.71. The van der Waals surface area contributed by atoms with Crippen molar-refractivity contribution in [1.29, 1.82) is 0 Å². The number of benzene rings is 1. The lowest BCUT2D eigenvalue weighted by Gasteiger charge is -2.04. The topological polar surface area (TPSA) is 39.2 Å². The van der Waals surface area contributed by atoms with E-state index in [0.717, 1.165) is 21.3 Å². The van der Waals surface area contributed by atoms with Gasteiger partial charge in [-0.05, 0) is 45.3 Å². The van der Waals surface area contributed by atoms with Gasteiger partial charge in [-0.25, -0.2) is 0 Å². The number of rotatable bonds is 5. The Morgan fingerprint density at radius 3 is 2.74 bits per heavy atom. The Morgan fingerprint density at radius 1 is 1.21 bits per heavy atom. The molecule has 0 bridgehead atoms. The first kappa shape index (κ1) is 13.7. The zero-order valence-electron chi connectivity index (χ0n) is 10.6. The van der Waals surface area contributed by atoms with Gasteiger partial charge in [0.15, 0.2) is 0 Å². The van der Waals surface area contributed by atoms with Crippen LogP contribution < -0.4 is 4.74 Å². The highest BCUT2D eigenvalue weighted by Crippen LogP contribution is 2.15. The molecule has 0 N–H and O–H groups in total. The van der Waals surface area contributed by atoms with Crippen LogP contribution in [0.3, 0.4) is 0 Å². The molecule has 0 aliphatic rings. The van der Waals surface area contributed by atoms with Crippen LogP contribution in [0.15, 0.2) is 47.2 Å². The van der Waals surface area contributed by atoms with Crippen molar-refractivity contribution >= 4 is 21.7 Å². The van der Waals surface area contributed by atoms with Gasteiger partial charge in [-0.3, -0.25) is 9.78 Å². The van der Waals surface area contributed by atoms with E-state index in [1.807, 2.05) is 30.3 Å².